The van der Waals surface area contributed by atoms with Crippen molar-refractivity contribution < 1.29 is 18.8 Å². The second-order valence-electron chi connectivity index (χ2n) is 5.58. The first-order valence-electron chi connectivity index (χ1n) is 7.87. The first kappa shape index (κ1) is 15.9. The zero-order valence-corrected chi connectivity index (χ0v) is 13.9. The molecule has 3 aromatic rings. The molecule has 2 aromatic heterocycles. The summed E-state index contributed by atoms with van der Waals surface area (Å²) in [7, 11) is 0. The molecular weight excluding hydrogens is 338 g/mol. The summed E-state index contributed by atoms with van der Waals surface area (Å²) in [6.07, 6.45) is 1.50. The van der Waals surface area contributed by atoms with Gasteiger partial charge in [0.05, 0.1) is 0 Å². The van der Waals surface area contributed by atoms with Crippen LogP contribution in [0, 0.1) is 6.92 Å². The van der Waals surface area contributed by atoms with E-state index in [1.54, 1.807) is 13.0 Å². The lowest BCUT2D eigenvalue weighted by atomic mass is 10.2. The number of nitrogens with one attached hydrogen (secondary N) is 2. The van der Waals surface area contributed by atoms with Gasteiger partial charge in [-0.3, -0.25) is 4.79 Å². The number of hydrogen-bond acceptors (Lipinski definition) is 8. The van der Waals surface area contributed by atoms with E-state index >= 15 is 0 Å². The topological polar surface area (TPSA) is 111 Å². The highest BCUT2D eigenvalue weighted by Gasteiger charge is 2.14. The molecule has 0 unspecified atom stereocenters. The molecule has 0 radical (unpaired) electrons. The molecule has 26 heavy (non-hydrogen) atoms. The first-order valence-corrected chi connectivity index (χ1v) is 7.87. The highest BCUT2D eigenvalue weighted by molar-refractivity contribution is 5.92. The second kappa shape index (κ2) is 6.71. The fourth-order valence-corrected chi connectivity index (χ4v) is 2.41. The molecule has 0 bridgehead atoms. The molecule has 0 aliphatic carbocycles. The largest absolute Gasteiger partial charge is 0.454 e. The fourth-order valence-electron chi connectivity index (χ4n) is 2.41. The average Bonchev–Trinajstić information content (AvgIpc) is 3.28. The monoisotopic (exact) mass is 353 g/mol. The maximum Gasteiger partial charge on any atom is 0.270 e. The summed E-state index contributed by atoms with van der Waals surface area (Å²) < 4.78 is 15.6. The number of ether oxygens (including phenoxy) is 2. The van der Waals surface area contributed by atoms with Gasteiger partial charge in [-0.1, -0.05) is 11.2 Å². The van der Waals surface area contributed by atoms with Crippen molar-refractivity contribution in [3.05, 3.63) is 53.5 Å². The summed E-state index contributed by atoms with van der Waals surface area (Å²) in [4.78, 5) is 20.6. The van der Waals surface area contributed by atoms with Crippen LogP contribution in [-0.4, -0.2) is 27.8 Å². The maximum atomic E-state index is 12.3. The Hall–Kier alpha value is -3.62. The van der Waals surface area contributed by atoms with Gasteiger partial charge in [0.15, 0.2) is 17.3 Å². The minimum absolute atomic E-state index is 0.215. The van der Waals surface area contributed by atoms with Gasteiger partial charge in [0.2, 0.25) is 12.7 Å². The van der Waals surface area contributed by atoms with E-state index in [0.29, 0.717) is 29.6 Å². The molecule has 0 saturated heterocycles. The number of nitrogens with zero attached hydrogens (tertiary/aromatic N) is 3. The summed E-state index contributed by atoms with van der Waals surface area (Å²) in [5, 5.41) is 9.50. The predicted octanol–water partition coefficient (Wildman–Crippen LogP) is 2.18. The molecule has 0 atom stereocenters. The minimum Gasteiger partial charge on any atom is -0.454 e. The molecule has 1 aromatic carbocycles. The molecule has 2 N–H and O–H groups in total. The fraction of sp³-hybridized carbons (Fsp3) is 0.176. The lowest BCUT2D eigenvalue weighted by Crippen LogP contribution is -2.24. The van der Waals surface area contributed by atoms with Crippen LogP contribution in [0.4, 0.5) is 11.8 Å². The molecule has 132 valence electrons. The number of carbonyl (C=O) groups is 1. The molecule has 1 amide bonds. The van der Waals surface area contributed by atoms with Crippen LogP contribution in [-0.2, 0) is 6.54 Å². The van der Waals surface area contributed by atoms with Gasteiger partial charge >= 0.3 is 0 Å². The number of hydrogen-bond donors (Lipinski definition) is 2. The van der Waals surface area contributed by atoms with Gasteiger partial charge in [0, 0.05) is 18.8 Å². The quantitative estimate of drug-likeness (QED) is 0.718. The SMILES string of the molecule is Cc1cc(Nc2nccc(C(=O)NCc3ccc4c(c3)OCO4)n2)no1. The van der Waals surface area contributed by atoms with Crippen molar-refractivity contribution in [1.29, 1.82) is 0 Å². The third-order valence-corrected chi connectivity index (χ3v) is 3.65. The number of amides is 1. The van der Waals surface area contributed by atoms with Crippen LogP contribution in [0.2, 0.25) is 0 Å². The maximum absolute atomic E-state index is 12.3. The molecule has 0 fully saturated rings. The average molecular weight is 353 g/mol. The standard InChI is InChI=1S/C17H15N5O4/c1-10-6-15(22-26-10)21-17-18-5-4-12(20-17)16(23)19-8-11-2-3-13-14(7-11)25-9-24-13/h2-7H,8-9H2,1H3,(H,19,23)(H,18,20,21,22). The number of anilines is 2. The molecular formula is C17H15N5O4. The van der Waals surface area contributed by atoms with Crippen LogP contribution in [0.25, 0.3) is 0 Å². The molecule has 0 saturated carbocycles. The summed E-state index contributed by atoms with van der Waals surface area (Å²) in [6.45, 7) is 2.33. The molecule has 1 aliphatic rings. The predicted molar refractivity (Wildman–Crippen MR) is 90.3 cm³/mol. The van der Waals surface area contributed by atoms with Gasteiger partial charge in [-0.25, -0.2) is 9.97 Å². The van der Waals surface area contributed by atoms with E-state index in [2.05, 4.69) is 25.8 Å². The second-order valence-corrected chi connectivity index (χ2v) is 5.58. The van der Waals surface area contributed by atoms with Crippen molar-refractivity contribution in [2.45, 2.75) is 13.5 Å². The van der Waals surface area contributed by atoms with E-state index in [0.717, 1.165) is 5.56 Å². The molecule has 3 heterocycles. The van der Waals surface area contributed by atoms with Crippen molar-refractivity contribution in [2.24, 2.45) is 0 Å². The van der Waals surface area contributed by atoms with Crippen molar-refractivity contribution in [3.8, 4) is 11.5 Å². The van der Waals surface area contributed by atoms with Crippen molar-refractivity contribution in [3.63, 3.8) is 0 Å². The Morgan fingerprint density at radius 2 is 2.08 bits per heavy atom. The van der Waals surface area contributed by atoms with Gasteiger partial charge in [-0.05, 0) is 30.7 Å². The van der Waals surface area contributed by atoms with E-state index in [9.17, 15) is 4.79 Å². The molecule has 1 aliphatic heterocycles. The van der Waals surface area contributed by atoms with Crippen molar-refractivity contribution >= 4 is 17.7 Å². The third-order valence-electron chi connectivity index (χ3n) is 3.65. The minimum atomic E-state index is -0.315. The normalized spacial score (nSPS) is 12.0. The van der Waals surface area contributed by atoms with Gasteiger partial charge in [0.25, 0.3) is 5.91 Å². The highest BCUT2D eigenvalue weighted by Crippen LogP contribution is 2.32. The summed E-state index contributed by atoms with van der Waals surface area (Å²) in [6, 6.07) is 8.76. The van der Waals surface area contributed by atoms with Crippen molar-refractivity contribution in [1.82, 2.24) is 20.4 Å². The molecule has 9 nitrogen and oxygen atoms in total. The van der Waals surface area contributed by atoms with Crippen LogP contribution in [0.5, 0.6) is 11.5 Å². The van der Waals surface area contributed by atoms with Crippen LogP contribution in [0.3, 0.4) is 0 Å². The first-order chi connectivity index (χ1) is 12.7. The van der Waals surface area contributed by atoms with Gasteiger partial charge in [0.1, 0.15) is 11.5 Å². The number of benzene rings is 1. The van der Waals surface area contributed by atoms with Crippen molar-refractivity contribution in [2.75, 3.05) is 12.1 Å². The van der Waals surface area contributed by atoms with E-state index in [1.807, 2.05) is 18.2 Å². The number of aryl methyl sites for hydroxylation is 1. The molecule has 9 heteroatoms. The lowest BCUT2D eigenvalue weighted by Gasteiger charge is -2.07. The lowest BCUT2D eigenvalue weighted by molar-refractivity contribution is 0.0946. The van der Waals surface area contributed by atoms with Gasteiger partial charge in [-0.15, -0.1) is 0 Å². The Morgan fingerprint density at radius 1 is 1.19 bits per heavy atom. The van der Waals surface area contributed by atoms with Crippen LogP contribution < -0.4 is 20.1 Å². The molecule has 4 rings (SSSR count). The van der Waals surface area contributed by atoms with E-state index < -0.39 is 0 Å². The number of rotatable bonds is 5. The number of aromatic nitrogens is 3. The Bertz CT molecular complexity index is 956. The zero-order chi connectivity index (χ0) is 17.9. The van der Waals surface area contributed by atoms with Gasteiger partial charge < -0.3 is 24.6 Å². The Kier molecular flexibility index (Phi) is 4.10. The summed E-state index contributed by atoms with van der Waals surface area (Å²) in [5.74, 6) is 2.45. The van der Waals surface area contributed by atoms with Gasteiger partial charge in [-0.2, -0.15) is 0 Å². The molecule has 0 spiro atoms. The highest BCUT2D eigenvalue weighted by atomic mass is 16.7. The zero-order valence-electron chi connectivity index (χ0n) is 13.9. The van der Waals surface area contributed by atoms with E-state index in [-0.39, 0.29) is 24.3 Å². The van der Waals surface area contributed by atoms with Crippen LogP contribution >= 0.6 is 0 Å². The smallest absolute Gasteiger partial charge is 0.270 e. The Morgan fingerprint density at radius 3 is 2.92 bits per heavy atom. The van der Waals surface area contributed by atoms with Crippen LogP contribution in [0.15, 0.2) is 41.1 Å². The Labute approximate surface area is 148 Å². The number of fused-ring (bicyclic) bond motifs is 1. The number of carbonyl (C=O) groups excluding carboxylic acids is 1. The Balaban J connectivity index is 1.40. The van der Waals surface area contributed by atoms with Crippen LogP contribution in [0.1, 0.15) is 21.8 Å². The van der Waals surface area contributed by atoms with E-state index in [4.69, 9.17) is 14.0 Å². The summed E-state index contributed by atoms with van der Waals surface area (Å²) in [5.41, 5.74) is 1.14. The van der Waals surface area contributed by atoms with E-state index in [1.165, 1.54) is 12.3 Å². The third kappa shape index (κ3) is 3.41. The summed E-state index contributed by atoms with van der Waals surface area (Å²) >= 11 is 0.